The van der Waals surface area contributed by atoms with Gasteiger partial charge in [0.05, 0.1) is 12.2 Å². The molecule has 19 heavy (non-hydrogen) atoms. The molecule has 0 unspecified atom stereocenters. The molecule has 1 rings (SSSR count). The summed E-state index contributed by atoms with van der Waals surface area (Å²) in [6, 6.07) is 3.97. The zero-order chi connectivity index (χ0) is 14.5. The number of ether oxygens (including phenoxy) is 1. The van der Waals surface area contributed by atoms with Gasteiger partial charge in [-0.15, -0.1) is 13.2 Å². The zero-order valence-electron chi connectivity index (χ0n) is 9.97. The van der Waals surface area contributed by atoms with Gasteiger partial charge in [0, 0.05) is 4.47 Å². The van der Waals surface area contributed by atoms with Crippen LogP contribution in [0.3, 0.4) is 0 Å². The molecule has 106 valence electrons. The van der Waals surface area contributed by atoms with Crippen molar-refractivity contribution >= 4 is 27.5 Å². The van der Waals surface area contributed by atoms with Crippen LogP contribution in [-0.4, -0.2) is 25.4 Å². The SMILES string of the molecule is CCNCC(=O)Nc1ccc(Br)cc1OC(F)(F)F. The number of hydrogen-bond donors (Lipinski definition) is 2. The summed E-state index contributed by atoms with van der Waals surface area (Å²) in [5.74, 6) is -0.914. The van der Waals surface area contributed by atoms with Crippen LogP contribution < -0.4 is 15.4 Å². The molecule has 0 heterocycles. The summed E-state index contributed by atoms with van der Waals surface area (Å²) in [4.78, 5) is 11.5. The van der Waals surface area contributed by atoms with Gasteiger partial charge >= 0.3 is 6.36 Å². The number of nitrogens with one attached hydrogen (secondary N) is 2. The van der Waals surface area contributed by atoms with Crippen LogP contribution in [0.4, 0.5) is 18.9 Å². The van der Waals surface area contributed by atoms with Crippen LogP contribution in [0.25, 0.3) is 0 Å². The molecular formula is C11H12BrF3N2O2. The molecule has 1 aromatic rings. The van der Waals surface area contributed by atoms with Crippen molar-refractivity contribution in [1.29, 1.82) is 0 Å². The van der Waals surface area contributed by atoms with E-state index >= 15 is 0 Å². The van der Waals surface area contributed by atoms with Gasteiger partial charge < -0.3 is 15.4 Å². The molecule has 0 saturated heterocycles. The highest BCUT2D eigenvalue weighted by Crippen LogP contribution is 2.32. The van der Waals surface area contributed by atoms with Gasteiger partial charge in [-0.05, 0) is 24.7 Å². The summed E-state index contributed by atoms with van der Waals surface area (Å²) in [6.07, 6.45) is -4.82. The van der Waals surface area contributed by atoms with E-state index in [9.17, 15) is 18.0 Å². The van der Waals surface area contributed by atoms with Gasteiger partial charge in [0.25, 0.3) is 0 Å². The first kappa shape index (κ1) is 15.8. The minimum absolute atomic E-state index is 0.0119. The monoisotopic (exact) mass is 340 g/mol. The van der Waals surface area contributed by atoms with Crippen molar-refractivity contribution in [3.63, 3.8) is 0 Å². The Kier molecular flexibility index (Phi) is 5.61. The van der Waals surface area contributed by atoms with Crippen molar-refractivity contribution in [2.24, 2.45) is 0 Å². The largest absolute Gasteiger partial charge is 0.573 e. The predicted octanol–water partition coefficient (Wildman–Crippen LogP) is 2.90. The summed E-state index contributed by atoms with van der Waals surface area (Å²) in [5, 5.41) is 5.11. The van der Waals surface area contributed by atoms with Gasteiger partial charge in [-0.25, -0.2) is 0 Å². The lowest BCUT2D eigenvalue weighted by molar-refractivity contribution is -0.274. The van der Waals surface area contributed by atoms with Crippen LogP contribution in [0.5, 0.6) is 5.75 Å². The van der Waals surface area contributed by atoms with Crippen molar-refractivity contribution in [3.05, 3.63) is 22.7 Å². The van der Waals surface area contributed by atoms with Gasteiger partial charge in [-0.3, -0.25) is 4.79 Å². The Bertz CT molecular complexity index is 452. The zero-order valence-corrected chi connectivity index (χ0v) is 11.6. The number of alkyl halides is 3. The predicted molar refractivity (Wildman–Crippen MR) is 68.0 cm³/mol. The van der Waals surface area contributed by atoms with E-state index in [1.54, 1.807) is 0 Å². The van der Waals surface area contributed by atoms with Crippen LogP contribution >= 0.6 is 15.9 Å². The summed E-state index contributed by atoms with van der Waals surface area (Å²) in [5.41, 5.74) is -0.0385. The fourth-order valence-corrected chi connectivity index (χ4v) is 1.58. The first-order valence-corrected chi connectivity index (χ1v) is 6.17. The van der Waals surface area contributed by atoms with E-state index in [4.69, 9.17) is 0 Å². The van der Waals surface area contributed by atoms with Crippen LogP contribution in [0.1, 0.15) is 6.92 Å². The number of benzene rings is 1. The highest BCUT2D eigenvalue weighted by molar-refractivity contribution is 9.10. The quantitative estimate of drug-likeness (QED) is 0.866. The van der Waals surface area contributed by atoms with E-state index in [1.165, 1.54) is 12.1 Å². The van der Waals surface area contributed by atoms with Gasteiger partial charge in [-0.2, -0.15) is 0 Å². The van der Waals surface area contributed by atoms with Crippen LogP contribution in [0.15, 0.2) is 22.7 Å². The van der Waals surface area contributed by atoms with Gasteiger partial charge in [0.15, 0.2) is 5.75 Å². The van der Waals surface area contributed by atoms with Crippen LogP contribution in [0, 0.1) is 0 Å². The lowest BCUT2D eigenvalue weighted by atomic mass is 10.3. The van der Waals surface area contributed by atoms with Gasteiger partial charge in [-0.1, -0.05) is 22.9 Å². The first-order valence-electron chi connectivity index (χ1n) is 5.37. The number of halogens is 4. The summed E-state index contributed by atoms with van der Waals surface area (Å²) in [7, 11) is 0. The van der Waals surface area contributed by atoms with E-state index in [1.807, 2.05) is 6.92 Å². The third kappa shape index (κ3) is 5.93. The lowest BCUT2D eigenvalue weighted by Crippen LogP contribution is -2.28. The Labute approximate surface area is 116 Å². The molecule has 1 aromatic carbocycles. The Morgan fingerprint density at radius 3 is 2.68 bits per heavy atom. The Balaban J connectivity index is 2.84. The number of carbonyl (C=O) groups excluding carboxylic acids is 1. The van der Waals surface area contributed by atoms with Crippen molar-refractivity contribution in [1.82, 2.24) is 5.32 Å². The molecular weight excluding hydrogens is 329 g/mol. The summed E-state index contributed by atoms with van der Waals surface area (Å²) < 4.78 is 41.0. The molecule has 0 spiro atoms. The molecule has 0 aliphatic carbocycles. The number of anilines is 1. The Morgan fingerprint density at radius 2 is 2.11 bits per heavy atom. The molecule has 0 aliphatic rings. The molecule has 4 nitrogen and oxygen atoms in total. The van der Waals surface area contributed by atoms with Gasteiger partial charge in [0.2, 0.25) is 5.91 Å². The number of amides is 1. The second-order valence-corrected chi connectivity index (χ2v) is 4.43. The van der Waals surface area contributed by atoms with Crippen LogP contribution in [0.2, 0.25) is 0 Å². The lowest BCUT2D eigenvalue weighted by Gasteiger charge is -2.14. The molecule has 0 fully saturated rings. The maximum atomic E-state index is 12.2. The van der Waals surface area contributed by atoms with E-state index in [0.717, 1.165) is 6.07 Å². The van der Waals surface area contributed by atoms with Crippen molar-refractivity contribution in [2.45, 2.75) is 13.3 Å². The Morgan fingerprint density at radius 1 is 1.42 bits per heavy atom. The molecule has 2 N–H and O–H groups in total. The van der Waals surface area contributed by atoms with E-state index in [0.29, 0.717) is 11.0 Å². The van der Waals surface area contributed by atoms with Crippen molar-refractivity contribution < 1.29 is 22.7 Å². The Hall–Kier alpha value is -1.28. The fraction of sp³-hybridized carbons (Fsp3) is 0.364. The minimum atomic E-state index is -4.82. The molecule has 0 bridgehead atoms. The summed E-state index contributed by atoms with van der Waals surface area (Å²) in [6.45, 7) is 2.41. The summed E-state index contributed by atoms with van der Waals surface area (Å²) >= 11 is 3.04. The maximum absolute atomic E-state index is 12.2. The van der Waals surface area contributed by atoms with E-state index in [2.05, 4.69) is 31.3 Å². The topological polar surface area (TPSA) is 50.4 Å². The highest BCUT2D eigenvalue weighted by Gasteiger charge is 2.32. The fourth-order valence-electron chi connectivity index (χ4n) is 1.24. The van der Waals surface area contributed by atoms with Crippen molar-refractivity contribution in [2.75, 3.05) is 18.4 Å². The van der Waals surface area contributed by atoms with Gasteiger partial charge in [0.1, 0.15) is 0 Å². The standard InChI is InChI=1S/C11H12BrF3N2O2/c1-2-16-6-10(18)17-8-4-3-7(12)5-9(8)19-11(13,14)15/h3-5,16H,2,6H2,1H3,(H,17,18). The molecule has 1 amide bonds. The second-order valence-electron chi connectivity index (χ2n) is 3.52. The average Bonchev–Trinajstić information content (AvgIpc) is 2.28. The maximum Gasteiger partial charge on any atom is 0.573 e. The number of rotatable bonds is 5. The van der Waals surface area contributed by atoms with Crippen LogP contribution in [-0.2, 0) is 4.79 Å². The average molecular weight is 341 g/mol. The van der Waals surface area contributed by atoms with E-state index in [-0.39, 0.29) is 12.2 Å². The molecule has 0 atom stereocenters. The third-order valence-electron chi connectivity index (χ3n) is 1.98. The normalized spacial score (nSPS) is 11.2. The van der Waals surface area contributed by atoms with Crippen molar-refractivity contribution in [3.8, 4) is 5.75 Å². The molecule has 8 heteroatoms. The highest BCUT2D eigenvalue weighted by atomic mass is 79.9. The molecule has 0 saturated carbocycles. The molecule has 0 aromatic heterocycles. The minimum Gasteiger partial charge on any atom is -0.404 e. The number of hydrogen-bond acceptors (Lipinski definition) is 3. The molecule has 0 aliphatic heterocycles. The molecule has 0 radical (unpaired) electrons. The number of carbonyl (C=O) groups is 1. The number of likely N-dealkylation sites (N-methyl/N-ethyl adjacent to an activating group) is 1. The first-order chi connectivity index (χ1) is 8.81. The smallest absolute Gasteiger partial charge is 0.404 e. The van der Waals surface area contributed by atoms with E-state index < -0.39 is 18.0 Å². The third-order valence-corrected chi connectivity index (χ3v) is 2.47. The second kappa shape index (κ2) is 6.76.